The van der Waals surface area contributed by atoms with Gasteiger partial charge in [-0.3, -0.25) is 0 Å². The van der Waals surface area contributed by atoms with Crippen molar-refractivity contribution in [3.05, 3.63) is 0 Å². The summed E-state index contributed by atoms with van der Waals surface area (Å²) in [5.74, 6) is 0. The molecular weight excluding hydrogens is 210 g/mol. The number of hydrogen-bond donors (Lipinski definition) is 1. The molecule has 0 unspecified atom stereocenters. The zero-order chi connectivity index (χ0) is 11.6. The maximum absolute atomic E-state index is 3.54. The fraction of sp³-hybridized carbons (Fsp3) is 1.00. The highest BCUT2D eigenvalue weighted by Gasteiger charge is 2.10. The Morgan fingerprint density at radius 3 is 1.94 bits per heavy atom. The molecule has 0 amide bonds. The van der Waals surface area contributed by atoms with E-state index >= 15 is 0 Å². The quantitative estimate of drug-likeness (QED) is 0.797. The Bertz CT molecular complexity index is 162. The molecular formula is C14H33N3. The summed E-state index contributed by atoms with van der Waals surface area (Å²) in [7, 11) is 0. The van der Waals surface area contributed by atoms with Gasteiger partial charge in [0, 0.05) is 39.3 Å². The minimum atomic E-state index is 0. The molecule has 0 atom stereocenters. The molecule has 104 valence electrons. The Hall–Kier alpha value is -0.120. The summed E-state index contributed by atoms with van der Waals surface area (Å²) in [5.41, 5.74) is 0. The molecule has 0 saturated carbocycles. The smallest absolute Gasteiger partial charge is 0.0110 e. The van der Waals surface area contributed by atoms with Crippen LogP contribution in [0.4, 0.5) is 0 Å². The minimum absolute atomic E-state index is 0. The number of nitrogens with zero attached hydrogens (tertiary/aromatic N) is 2. The van der Waals surface area contributed by atoms with Crippen LogP contribution in [0.1, 0.15) is 40.5 Å². The lowest BCUT2D eigenvalue weighted by Crippen LogP contribution is -2.36. The first-order chi connectivity index (χ1) is 7.86. The van der Waals surface area contributed by atoms with Crippen LogP contribution in [0, 0.1) is 0 Å². The van der Waals surface area contributed by atoms with Gasteiger partial charge >= 0.3 is 0 Å². The van der Waals surface area contributed by atoms with Crippen LogP contribution >= 0.6 is 0 Å². The van der Waals surface area contributed by atoms with E-state index in [1.807, 2.05) is 0 Å². The van der Waals surface area contributed by atoms with E-state index in [0.717, 1.165) is 13.1 Å². The van der Waals surface area contributed by atoms with Gasteiger partial charge in [0.15, 0.2) is 0 Å². The first kappa shape index (κ1) is 16.9. The van der Waals surface area contributed by atoms with E-state index < -0.39 is 0 Å². The van der Waals surface area contributed by atoms with Crippen LogP contribution in [0.3, 0.4) is 0 Å². The number of hydrogen-bond acceptors (Lipinski definition) is 3. The molecule has 0 spiro atoms. The van der Waals surface area contributed by atoms with E-state index in [0.29, 0.717) is 0 Å². The van der Waals surface area contributed by atoms with Gasteiger partial charge in [-0.15, -0.1) is 0 Å². The molecule has 0 aliphatic carbocycles. The lowest BCUT2D eigenvalue weighted by atomic mass is 10.3. The van der Waals surface area contributed by atoms with Crippen molar-refractivity contribution in [2.75, 3.05) is 52.4 Å². The SMILES string of the molecule is C.CCCCN1CCNCCN(CCC)CC1. The van der Waals surface area contributed by atoms with Crippen LogP contribution in [0.2, 0.25) is 0 Å². The van der Waals surface area contributed by atoms with Gasteiger partial charge in [0.2, 0.25) is 0 Å². The van der Waals surface area contributed by atoms with Crippen molar-refractivity contribution in [2.45, 2.75) is 40.5 Å². The van der Waals surface area contributed by atoms with Crippen molar-refractivity contribution in [1.82, 2.24) is 15.1 Å². The molecule has 0 aromatic rings. The molecule has 1 heterocycles. The molecule has 1 rings (SSSR count). The van der Waals surface area contributed by atoms with Crippen molar-refractivity contribution in [1.29, 1.82) is 0 Å². The number of rotatable bonds is 5. The van der Waals surface area contributed by atoms with E-state index in [-0.39, 0.29) is 7.43 Å². The summed E-state index contributed by atoms with van der Waals surface area (Å²) in [6.07, 6.45) is 3.92. The third-order valence-corrected chi connectivity index (χ3v) is 3.31. The third-order valence-electron chi connectivity index (χ3n) is 3.31. The van der Waals surface area contributed by atoms with Crippen LogP contribution in [0.15, 0.2) is 0 Å². The van der Waals surface area contributed by atoms with Gasteiger partial charge in [0.25, 0.3) is 0 Å². The molecule has 17 heavy (non-hydrogen) atoms. The van der Waals surface area contributed by atoms with Crippen LogP contribution in [0.25, 0.3) is 0 Å². The Labute approximate surface area is 109 Å². The second-order valence-corrected chi connectivity index (χ2v) is 4.79. The zero-order valence-electron chi connectivity index (χ0n) is 11.2. The average Bonchev–Trinajstić information content (AvgIpc) is 2.40. The fourth-order valence-electron chi connectivity index (χ4n) is 2.25. The minimum Gasteiger partial charge on any atom is -0.314 e. The second kappa shape index (κ2) is 11.0. The molecule has 0 aromatic heterocycles. The lowest BCUT2D eigenvalue weighted by molar-refractivity contribution is 0.217. The highest BCUT2D eigenvalue weighted by atomic mass is 15.2. The van der Waals surface area contributed by atoms with E-state index in [4.69, 9.17) is 0 Å². The topological polar surface area (TPSA) is 18.5 Å². The maximum atomic E-state index is 3.54. The molecule has 1 fully saturated rings. The Morgan fingerprint density at radius 1 is 0.824 bits per heavy atom. The van der Waals surface area contributed by atoms with E-state index in [1.165, 1.54) is 58.5 Å². The van der Waals surface area contributed by atoms with E-state index in [2.05, 4.69) is 29.0 Å². The largest absolute Gasteiger partial charge is 0.314 e. The molecule has 1 saturated heterocycles. The first-order valence-corrected chi connectivity index (χ1v) is 7.02. The molecule has 3 nitrogen and oxygen atoms in total. The van der Waals surface area contributed by atoms with Gasteiger partial charge < -0.3 is 15.1 Å². The highest BCUT2D eigenvalue weighted by Crippen LogP contribution is 1.99. The number of nitrogens with one attached hydrogen (secondary N) is 1. The van der Waals surface area contributed by atoms with E-state index in [1.54, 1.807) is 0 Å². The summed E-state index contributed by atoms with van der Waals surface area (Å²) in [6, 6.07) is 0. The molecule has 0 bridgehead atoms. The van der Waals surface area contributed by atoms with Crippen molar-refractivity contribution in [3.8, 4) is 0 Å². The number of unbranched alkanes of at least 4 members (excludes halogenated alkanes) is 1. The standard InChI is InChI=1S/C13H29N3.CH4/c1-3-5-9-16-11-7-14-6-10-15(8-4-2)12-13-16;/h14H,3-13H2,1-2H3;1H4. The van der Waals surface area contributed by atoms with Crippen LogP contribution in [-0.4, -0.2) is 62.2 Å². The molecule has 3 heteroatoms. The molecule has 1 aliphatic heterocycles. The first-order valence-electron chi connectivity index (χ1n) is 7.02. The van der Waals surface area contributed by atoms with Crippen molar-refractivity contribution >= 4 is 0 Å². The third kappa shape index (κ3) is 7.74. The van der Waals surface area contributed by atoms with Crippen molar-refractivity contribution in [2.24, 2.45) is 0 Å². The van der Waals surface area contributed by atoms with Crippen LogP contribution < -0.4 is 5.32 Å². The monoisotopic (exact) mass is 243 g/mol. The van der Waals surface area contributed by atoms with Gasteiger partial charge in [-0.25, -0.2) is 0 Å². The van der Waals surface area contributed by atoms with Gasteiger partial charge in [-0.2, -0.15) is 0 Å². The second-order valence-electron chi connectivity index (χ2n) is 4.79. The Balaban J connectivity index is 0.00000256. The molecule has 1 N–H and O–H groups in total. The normalized spacial score (nSPS) is 20.1. The molecule has 1 aliphatic rings. The summed E-state index contributed by atoms with van der Waals surface area (Å²) >= 11 is 0. The zero-order valence-corrected chi connectivity index (χ0v) is 11.2. The van der Waals surface area contributed by atoms with Crippen LogP contribution in [0.5, 0.6) is 0 Å². The average molecular weight is 243 g/mol. The molecule has 0 radical (unpaired) electrons. The van der Waals surface area contributed by atoms with Gasteiger partial charge in [0.05, 0.1) is 0 Å². The van der Waals surface area contributed by atoms with Gasteiger partial charge in [0.1, 0.15) is 0 Å². The van der Waals surface area contributed by atoms with Crippen molar-refractivity contribution in [3.63, 3.8) is 0 Å². The van der Waals surface area contributed by atoms with Crippen molar-refractivity contribution < 1.29 is 0 Å². The highest BCUT2D eigenvalue weighted by molar-refractivity contribution is 4.68. The van der Waals surface area contributed by atoms with Gasteiger partial charge in [-0.1, -0.05) is 27.7 Å². The molecule has 0 aromatic carbocycles. The fourth-order valence-corrected chi connectivity index (χ4v) is 2.25. The summed E-state index contributed by atoms with van der Waals surface area (Å²) in [6.45, 7) is 14.3. The van der Waals surface area contributed by atoms with Crippen LogP contribution in [-0.2, 0) is 0 Å². The lowest BCUT2D eigenvalue weighted by Gasteiger charge is -2.25. The Morgan fingerprint density at radius 2 is 1.41 bits per heavy atom. The predicted octanol–water partition coefficient (Wildman–Crippen LogP) is 2.04. The van der Waals surface area contributed by atoms with E-state index in [9.17, 15) is 0 Å². The maximum Gasteiger partial charge on any atom is 0.0110 e. The summed E-state index contributed by atoms with van der Waals surface area (Å²) in [5, 5.41) is 3.54. The Kier molecular flexibility index (Phi) is 10.9. The summed E-state index contributed by atoms with van der Waals surface area (Å²) < 4.78 is 0. The van der Waals surface area contributed by atoms with Gasteiger partial charge in [-0.05, 0) is 25.9 Å². The summed E-state index contributed by atoms with van der Waals surface area (Å²) in [4.78, 5) is 5.21. The predicted molar refractivity (Wildman–Crippen MR) is 77.7 cm³/mol.